The highest BCUT2D eigenvalue weighted by molar-refractivity contribution is 5.78. The lowest BCUT2D eigenvalue weighted by molar-refractivity contribution is -0.132. The minimum Gasteiger partial charge on any atom is -0.340 e. The van der Waals surface area contributed by atoms with E-state index < -0.39 is 0 Å². The third-order valence-electron chi connectivity index (χ3n) is 3.91. The van der Waals surface area contributed by atoms with Gasteiger partial charge in [0.1, 0.15) is 0 Å². The number of hydrogen-bond donors (Lipinski definition) is 0. The molecule has 126 valence electrons. The Morgan fingerprint density at radius 2 is 1.67 bits per heavy atom. The number of aromatic nitrogens is 2. The second-order valence-corrected chi connectivity index (χ2v) is 5.51. The molecule has 8 nitrogen and oxygen atoms in total. The Kier molecular flexibility index (Phi) is 6.93. The van der Waals surface area contributed by atoms with E-state index in [0.717, 1.165) is 26.2 Å². The molecule has 0 bridgehead atoms. The van der Waals surface area contributed by atoms with Crippen molar-refractivity contribution in [2.45, 2.75) is 12.8 Å². The van der Waals surface area contributed by atoms with E-state index in [1.54, 1.807) is 23.4 Å². The second-order valence-electron chi connectivity index (χ2n) is 5.51. The van der Waals surface area contributed by atoms with Gasteiger partial charge in [-0.3, -0.25) is 9.69 Å². The van der Waals surface area contributed by atoms with Crippen LogP contribution >= 0.6 is 0 Å². The Morgan fingerprint density at radius 1 is 1.08 bits per heavy atom. The highest BCUT2D eigenvalue weighted by atomic mass is 16.2. The maximum absolute atomic E-state index is 12.4. The van der Waals surface area contributed by atoms with Crippen molar-refractivity contribution in [1.29, 1.82) is 10.5 Å². The van der Waals surface area contributed by atoms with Gasteiger partial charge < -0.3 is 9.80 Å². The normalized spacial score (nSPS) is 14.7. The minimum atomic E-state index is -0.0232. The van der Waals surface area contributed by atoms with E-state index in [1.807, 2.05) is 12.1 Å². The Bertz CT molecular complexity index is 581. The van der Waals surface area contributed by atoms with Crippen LogP contribution < -0.4 is 4.90 Å². The summed E-state index contributed by atoms with van der Waals surface area (Å²) in [5, 5.41) is 17.4. The van der Waals surface area contributed by atoms with Crippen molar-refractivity contribution >= 4 is 11.9 Å². The van der Waals surface area contributed by atoms with Crippen molar-refractivity contribution in [3.63, 3.8) is 0 Å². The molecule has 1 aromatic rings. The van der Waals surface area contributed by atoms with Crippen LogP contribution in [0.2, 0.25) is 0 Å². The molecule has 1 aromatic heterocycles. The van der Waals surface area contributed by atoms with Gasteiger partial charge in [-0.25, -0.2) is 9.97 Å². The molecule has 0 radical (unpaired) electrons. The van der Waals surface area contributed by atoms with Gasteiger partial charge in [0.05, 0.1) is 31.5 Å². The zero-order chi connectivity index (χ0) is 17.2. The van der Waals surface area contributed by atoms with Crippen LogP contribution in [0.15, 0.2) is 18.5 Å². The minimum absolute atomic E-state index is 0.0232. The zero-order valence-corrected chi connectivity index (χ0v) is 13.6. The number of piperazine rings is 1. The molecule has 1 saturated heterocycles. The summed E-state index contributed by atoms with van der Waals surface area (Å²) in [6.07, 6.45) is 4.02. The smallest absolute Gasteiger partial charge is 0.236 e. The van der Waals surface area contributed by atoms with E-state index in [1.165, 1.54) is 0 Å². The van der Waals surface area contributed by atoms with E-state index >= 15 is 0 Å². The van der Waals surface area contributed by atoms with Crippen molar-refractivity contribution in [3.8, 4) is 12.1 Å². The van der Waals surface area contributed by atoms with Crippen molar-refractivity contribution in [3.05, 3.63) is 18.5 Å². The van der Waals surface area contributed by atoms with Crippen LogP contribution in [0.4, 0.5) is 5.95 Å². The summed E-state index contributed by atoms with van der Waals surface area (Å²) in [5.74, 6) is 0.693. The van der Waals surface area contributed by atoms with Crippen LogP contribution in [-0.4, -0.2) is 71.5 Å². The van der Waals surface area contributed by atoms with Crippen molar-refractivity contribution in [2.75, 3.05) is 50.7 Å². The van der Waals surface area contributed by atoms with Crippen LogP contribution in [0.3, 0.4) is 0 Å². The second kappa shape index (κ2) is 9.43. The molecule has 1 amide bonds. The summed E-state index contributed by atoms with van der Waals surface area (Å²) in [4.78, 5) is 26.7. The largest absolute Gasteiger partial charge is 0.340 e. The van der Waals surface area contributed by atoms with Gasteiger partial charge in [-0.15, -0.1) is 0 Å². The summed E-state index contributed by atoms with van der Waals surface area (Å²) in [6.45, 7) is 4.15. The van der Waals surface area contributed by atoms with Gasteiger partial charge in [0.15, 0.2) is 0 Å². The number of nitriles is 2. The van der Waals surface area contributed by atoms with Gasteiger partial charge in [0, 0.05) is 51.7 Å². The number of amides is 1. The van der Waals surface area contributed by atoms with E-state index in [9.17, 15) is 4.79 Å². The molecule has 1 aliphatic heterocycles. The Morgan fingerprint density at radius 3 is 2.21 bits per heavy atom. The molecule has 0 saturated carbocycles. The van der Waals surface area contributed by atoms with Crippen molar-refractivity contribution < 1.29 is 4.79 Å². The van der Waals surface area contributed by atoms with Crippen LogP contribution in [0, 0.1) is 22.7 Å². The summed E-state index contributed by atoms with van der Waals surface area (Å²) >= 11 is 0. The van der Waals surface area contributed by atoms with Crippen molar-refractivity contribution in [1.82, 2.24) is 19.8 Å². The van der Waals surface area contributed by atoms with E-state index in [-0.39, 0.29) is 18.7 Å². The molecule has 0 N–H and O–H groups in total. The lowest BCUT2D eigenvalue weighted by atomic mass is 10.3. The molecule has 2 rings (SSSR count). The summed E-state index contributed by atoms with van der Waals surface area (Å²) < 4.78 is 0. The van der Waals surface area contributed by atoms with E-state index in [4.69, 9.17) is 10.5 Å². The average molecular weight is 327 g/mol. The summed E-state index contributed by atoms with van der Waals surface area (Å²) in [7, 11) is 0. The Balaban J connectivity index is 1.82. The maximum atomic E-state index is 12.4. The number of nitrogens with zero attached hydrogens (tertiary/aromatic N) is 7. The number of carbonyl (C=O) groups excluding carboxylic acids is 1. The fourth-order valence-electron chi connectivity index (χ4n) is 2.58. The van der Waals surface area contributed by atoms with E-state index in [0.29, 0.717) is 25.6 Å². The van der Waals surface area contributed by atoms with E-state index in [2.05, 4.69) is 19.8 Å². The monoisotopic (exact) mass is 327 g/mol. The molecular formula is C16H21N7O. The van der Waals surface area contributed by atoms with Gasteiger partial charge in [-0.1, -0.05) is 0 Å². The highest BCUT2D eigenvalue weighted by Crippen LogP contribution is 2.10. The lowest BCUT2D eigenvalue weighted by Gasteiger charge is -2.35. The van der Waals surface area contributed by atoms with Crippen LogP contribution in [0.1, 0.15) is 12.8 Å². The predicted molar refractivity (Wildman–Crippen MR) is 87.7 cm³/mol. The standard InChI is InChI=1S/C16H21N7O/c17-4-1-8-22(9-2-5-18)15(24)14-21-10-12-23(13-11-21)16-19-6-3-7-20-16/h3,6-7H,1-2,8-14H2. The molecule has 1 aliphatic rings. The number of hydrogen-bond acceptors (Lipinski definition) is 7. The first-order valence-corrected chi connectivity index (χ1v) is 8.00. The fraction of sp³-hybridized carbons (Fsp3) is 0.562. The Hall–Kier alpha value is -2.71. The van der Waals surface area contributed by atoms with Gasteiger partial charge in [-0.2, -0.15) is 10.5 Å². The average Bonchev–Trinajstić information content (AvgIpc) is 2.63. The third-order valence-corrected chi connectivity index (χ3v) is 3.91. The Labute approximate surface area is 141 Å². The molecule has 0 atom stereocenters. The molecule has 2 heterocycles. The molecule has 1 fully saturated rings. The SMILES string of the molecule is N#CCCN(CCC#N)C(=O)CN1CCN(c2ncccn2)CC1. The first-order chi connectivity index (χ1) is 11.7. The lowest BCUT2D eigenvalue weighted by Crippen LogP contribution is -2.50. The van der Waals surface area contributed by atoms with Gasteiger partial charge in [-0.05, 0) is 6.07 Å². The topological polar surface area (TPSA) is 100 Å². The first-order valence-electron chi connectivity index (χ1n) is 8.00. The molecule has 0 spiro atoms. The first kappa shape index (κ1) is 17.6. The van der Waals surface area contributed by atoms with Crippen LogP contribution in [0.5, 0.6) is 0 Å². The fourth-order valence-corrected chi connectivity index (χ4v) is 2.58. The molecular weight excluding hydrogens is 306 g/mol. The summed E-state index contributed by atoms with van der Waals surface area (Å²) in [5.41, 5.74) is 0. The van der Waals surface area contributed by atoms with Gasteiger partial charge in [0.2, 0.25) is 11.9 Å². The van der Waals surface area contributed by atoms with Gasteiger partial charge in [0.25, 0.3) is 0 Å². The maximum Gasteiger partial charge on any atom is 0.236 e. The zero-order valence-electron chi connectivity index (χ0n) is 13.6. The highest BCUT2D eigenvalue weighted by Gasteiger charge is 2.22. The molecule has 8 heteroatoms. The molecule has 0 aromatic carbocycles. The number of rotatable bonds is 7. The predicted octanol–water partition coefficient (Wildman–Crippen LogP) is 0.255. The van der Waals surface area contributed by atoms with Crippen LogP contribution in [0.25, 0.3) is 0 Å². The van der Waals surface area contributed by atoms with Crippen LogP contribution in [-0.2, 0) is 4.79 Å². The third kappa shape index (κ3) is 5.18. The van der Waals surface area contributed by atoms with Gasteiger partial charge >= 0.3 is 0 Å². The quantitative estimate of drug-likeness (QED) is 0.708. The summed E-state index contributed by atoms with van der Waals surface area (Å²) in [6, 6.07) is 5.88. The van der Waals surface area contributed by atoms with Crippen molar-refractivity contribution in [2.24, 2.45) is 0 Å². The molecule has 24 heavy (non-hydrogen) atoms. The molecule has 0 unspecified atom stereocenters. The molecule has 0 aliphatic carbocycles. The number of carbonyl (C=O) groups is 1. The number of anilines is 1.